The molecule has 0 radical (unpaired) electrons. The van der Waals surface area contributed by atoms with Crippen molar-refractivity contribution in [3.8, 4) is 0 Å². The molecule has 106 valence electrons. The molecule has 0 spiro atoms. The fourth-order valence-electron chi connectivity index (χ4n) is 1.91. The highest BCUT2D eigenvalue weighted by atomic mass is 16.7. The average molecular weight is 262 g/mol. The summed E-state index contributed by atoms with van der Waals surface area (Å²) < 4.78 is 10.9. The lowest BCUT2D eigenvalue weighted by Gasteiger charge is -2.42. The van der Waals surface area contributed by atoms with E-state index in [0.717, 1.165) is 6.42 Å². The van der Waals surface area contributed by atoms with Gasteiger partial charge in [0.25, 0.3) is 0 Å². The first-order chi connectivity index (χ1) is 8.51. The van der Waals surface area contributed by atoms with Gasteiger partial charge < -0.3 is 30.7 Å². The number of carbonyl (C=O) groups is 1. The van der Waals surface area contributed by atoms with Crippen molar-refractivity contribution in [1.29, 1.82) is 0 Å². The Morgan fingerprint density at radius 2 is 2.22 bits per heavy atom. The maximum absolute atomic E-state index is 11.1. The molecule has 0 saturated carbocycles. The third-order valence-electron chi connectivity index (χ3n) is 2.83. The zero-order valence-electron chi connectivity index (χ0n) is 10.7. The summed E-state index contributed by atoms with van der Waals surface area (Å²) >= 11 is 0. The van der Waals surface area contributed by atoms with Crippen LogP contribution in [-0.4, -0.2) is 59.9 Å². The molecule has 7 nitrogen and oxygen atoms in total. The maximum atomic E-state index is 11.1. The van der Waals surface area contributed by atoms with E-state index in [4.69, 9.17) is 20.3 Å². The predicted octanol–water partition coefficient (Wildman–Crippen LogP) is -1.68. The zero-order chi connectivity index (χ0) is 13.7. The van der Waals surface area contributed by atoms with Gasteiger partial charge in [-0.15, -0.1) is 0 Å². The molecule has 0 aliphatic carbocycles. The molecule has 1 rings (SSSR count). The molecular weight excluding hydrogens is 240 g/mol. The van der Waals surface area contributed by atoms with Crippen LogP contribution < -0.4 is 11.1 Å². The van der Waals surface area contributed by atoms with Crippen molar-refractivity contribution >= 4 is 5.91 Å². The van der Waals surface area contributed by atoms with Crippen LogP contribution in [0.25, 0.3) is 0 Å². The lowest BCUT2D eigenvalue weighted by molar-refractivity contribution is -0.246. The van der Waals surface area contributed by atoms with E-state index in [0.29, 0.717) is 6.61 Å². The molecule has 0 aromatic heterocycles. The molecule has 0 aromatic rings. The largest absolute Gasteiger partial charge is 0.394 e. The van der Waals surface area contributed by atoms with E-state index in [-0.39, 0.29) is 12.5 Å². The van der Waals surface area contributed by atoms with Crippen molar-refractivity contribution in [2.24, 2.45) is 5.73 Å². The Hall–Kier alpha value is -0.730. The number of rotatable bonds is 5. The minimum absolute atomic E-state index is 0.279. The van der Waals surface area contributed by atoms with Crippen molar-refractivity contribution in [2.75, 3.05) is 13.2 Å². The second kappa shape index (κ2) is 7.01. The van der Waals surface area contributed by atoms with Crippen molar-refractivity contribution in [3.05, 3.63) is 0 Å². The Morgan fingerprint density at radius 1 is 1.56 bits per heavy atom. The Morgan fingerprint density at radius 3 is 2.72 bits per heavy atom. The summed E-state index contributed by atoms with van der Waals surface area (Å²) in [4.78, 5) is 11.1. The highest BCUT2D eigenvalue weighted by molar-refractivity contribution is 5.73. The summed E-state index contributed by atoms with van der Waals surface area (Å²) in [5, 5.41) is 21.6. The number of amides is 1. The van der Waals surface area contributed by atoms with Crippen molar-refractivity contribution in [3.63, 3.8) is 0 Å². The monoisotopic (exact) mass is 262 g/mol. The first-order valence-electron chi connectivity index (χ1n) is 6.10. The average Bonchev–Trinajstić information content (AvgIpc) is 2.33. The van der Waals surface area contributed by atoms with Crippen molar-refractivity contribution in [2.45, 2.75) is 50.8 Å². The molecule has 0 aromatic carbocycles. The first-order valence-corrected chi connectivity index (χ1v) is 6.10. The Balaban J connectivity index is 2.76. The highest BCUT2D eigenvalue weighted by Crippen LogP contribution is 2.21. The molecule has 1 fully saturated rings. The van der Waals surface area contributed by atoms with Gasteiger partial charge >= 0.3 is 0 Å². The number of carbonyl (C=O) groups excluding carboxylic acids is 1. The van der Waals surface area contributed by atoms with Crippen LogP contribution in [0.5, 0.6) is 0 Å². The minimum Gasteiger partial charge on any atom is -0.394 e. The second-order valence-corrected chi connectivity index (χ2v) is 4.39. The maximum Gasteiger partial charge on any atom is 0.217 e. The molecule has 5 atom stereocenters. The van der Waals surface area contributed by atoms with Crippen LogP contribution in [0.3, 0.4) is 0 Å². The first kappa shape index (κ1) is 15.3. The molecule has 1 aliphatic heterocycles. The number of aliphatic hydroxyl groups excluding tert-OH is 2. The van der Waals surface area contributed by atoms with Crippen LogP contribution in [0.15, 0.2) is 0 Å². The van der Waals surface area contributed by atoms with Crippen molar-refractivity contribution < 1.29 is 24.5 Å². The van der Waals surface area contributed by atoms with E-state index in [2.05, 4.69) is 5.32 Å². The number of aliphatic hydroxyl groups is 2. The highest BCUT2D eigenvalue weighted by Gasteiger charge is 2.44. The Kier molecular flexibility index (Phi) is 5.97. The molecule has 7 heteroatoms. The normalized spacial score (nSPS) is 36.4. The van der Waals surface area contributed by atoms with E-state index in [9.17, 15) is 9.90 Å². The number of ether oxygens (including phenoxy) is 2. The third kappa shape index (κ3) is 3.63. The lowest BCUT2D eigenvalue weighted by atomic mass is 9.95. The fraction of sp³-hybridized carbons (Fsp3) is 0.909. The number of hydrogen-bond donors (Lipinski definition) is 4. The molecule has 1 amide bonds. The van der Waals surface area contributed by atoms with E-state index >= 15 is 0 Å². The molecule has 5 N–H and O–H groups in total. The molecule has 0 unspecified atom stereocenters. The van der Waals surface area contributed by atoms with Crippen LogP contribution in [0.2, 0.25) is 0 Å². The summed E-state index contributed by atoms with van der Waals surface area (Å²) in [6.07, 6.45) is -1.82. The van der Waals surface area contributed by atoms with E-state index in [1.54, 1.807) is 0 Å². The van der Waals surface area contributed by atoms with Crippen LogP contribution >= 0.6 is 0 Å². The minimum atomic E-state index is -1.05. The molecule has 1 heterocycles. The third-order valence-corrected chi connectivity index (χ3v) is 2.83. The molecule has 0 bridgehead atoms. The van der Waals surface area contributed by atoms with Gasteiger partial charge in [-0.05, 0) is 6.42 Å². The second-order valence-electron chi connectivity index (χ2n) is 4.39. The fourth-order valence-corrected chi connectivity index (χ4v) is 1.91. The van der Waals surface area contributed by atoms with Crippen LogP contribution in [-0.2, 0) is 14.3 Å². The summed E-state index contributed by atoms with van der Waals surface area (Å²) in [5.74, 6) is -0.279. The van der Waals surface area contributed by atoms with E-state index in [1.807, 2.05) is 6.92 Å². The van der Waals surface area contributed by atoms with Gasteiger partial charge in [-0.2, -0.15) is 0 Å². The van der Waals surface area contributed by atoms with Gasteiger partial charge in [0.05, 0.1) is 24.8 Å². The van der Waals surface area contributed by atoms with Gasteiger partial charge in [0.15, 0.2) is 6.29 Å². The summed E-state index contributed by atoms with van der Waals surface area (Å²) in [5.41, 5.74) is 5.86. The molecule has 1 aliphatic rings. The number of nitrogens with one attached hydrogen (secondary N) is 1. The van der Waals surface area contributed by atoms with Gasteiger partial charge in [-0.25, -0.2) is 0 Å². The predicted molar refractivity (Wildman–Crippen MR) is 63.6 cm³/mol. The summed E-state index contributed by atoms with van der Waals surface area (Å²) in [7, 11) is 0. The SMILES string of the molecule is CCCO[C@H]1O[C@H](CO)[C@@H](O)[C@@H](N)[C@@H]1NC(C)=O. The van der Waals surface area contributed by atoms with Gasteiger partial charge in [0.2, 0.25) is 5.91 Å². The number of nitrogens with two attached hydrogens (primary N) is 1. The van der Waals surface area contributed by atoms with Crippen LogP contribution in [0.1, 0.15) is 20.3 Å². The molecule has 1 saturated heterocycles. The van der Waals surface area contributed by atoms with E-state index < -0.39 is 30.6 Å². The molecule has 18 heavy (non-hydrogen) atoms. The number of hydrogen-bond acceptors (Lipinski definition) is 6. The smallest absolute Gasteiger partial charge is 0.217 e. The van der Waals surface area contributed by atoms with Gasteiger partial charge in [0, 0.05) is 13.5 Å². The lowest BCUT2D eigenvalue weighted by Crippen LogP contribution is -2.67. The zero-order valence-corrected chi connectivity index (χ0v) is 10.7. The van der Waals surface area contributed by atoms with Gasteiger partial charge in [0.1, 0.15) is 6.10 Å². The standard InChI is InChI=1S/C11H22N2O5/c1-3-4-17-11-9(13-6(2)15)8(12)10(16)7(5-14)18-11/h7-11,14,16H,3-5,12H2,1-2H3,(H,13,15)/t7-,8+,9+,10-,11+/m1/s1. The van der Waals surface area contributed by atoms with Crippen molar-refractivity contribution in [1.82, 2.24) is 5.32 Å². The Labute approximate surface area is 106 Å². The van der Waals surface area contributed by atoms with Gasteiger partial charge in [-0.3, -0.25) is 4.79 Å². The summed E-state index contributed by atoms with van der Waals surface area (Å²) in [6.45, 7) is 3.39. The summed E-state index contributed by atoms with van der Waals surface area (Å²) in [6, 6.07) is -1.38. The van der Waals surface area contributed by atoms with E-state index in [1.165, 1.54) is 6.92 Å². The van der Waals surface area contributed by atoms with Gasteiger partial charge in [-0.1, -0.05) is 6.92 Å². The Bertz CT molecular complexity index is 276. The topological polar surface area (TPSA) is 114 Å². The van der Waals surface area contributed by atoms with Crippen LogP contribution in [0, 0.1) is 0 Å². The molecular formula is C11H22N2O5. The quantitative estimate of drug-likeness (QED) is 0.471. The van der Waals surface area contributed by atoms with Crippen LogP contribution in [0.4, 0.5) is 0 Å².